The predicted molar refractivity (Wildman–Crippen MR) is 63.2 cm³/mol. The Morgan fingerprint density at radius 2 is 2.50 bits per heavy atom. The van der Waals surface area contributed by atoms with Crippen LogP contribution in [-0.2, 0) is 9.53 Å². The van der Waals surface area contributed by atoms with Crippen molar-refractivity contribution in [3.63, 3.8) is 0 Å². The molecular weight excluding hydrogens is 274 g/mol. The second-order valence-electron chi connectivity index (χ2n) is 3.42. The zero-order chi connectivity index (χ0) is 11.4. The molecule has 1 aliphatic rings. The topological polar surface area (TPSA) is 63.2 Å². The van der Waals surface area contributed by atoms with E-state index in [1.54, 1.807) is 12.1 Å². The molecule has 0 unspecified atom stereocenters. The Morgan fingerprint density at radius 3 is 3.19 bits per heavy atom. The smallest absolute Gasteiger partial charge is 0.245 e. The van der Waals surface area contributed by atoms with Gasteiger partial charge in [0.15, 0.2) is 0 Å². The highest BCUT2D eigenvalue weighted by Gasteiger charge is 2.21. The van der Waals surface area contributed by atoms with Gasteiger partial charge in [-0.1, -0.05) is 6.07 Å². The SMILES string of the molecule is O=C(Nc1cccc(Br)n1)[C@@H]1COCCN1. The van der Waals surface area contributed by atoms with Crippen molar-refractivity contribution < 1.29 is 9.53 Å². The van der Waals surface area contributed by atoms with Crippen LogP contribution >= 0.6 is 15.9 Å². The van der Waals surface area contributed by atoms with Crippen LogP contribution in [0.25, 0.3) is 0 Å². The molecule has 16 heavy (non-hydrogen) atoms. The maximum atomic E-state index is 11.8. The van der Waals surface area contributed by atoms with Gasteiger partial charge >= 0.3 is 0 Å². The van der Waals surface area contributed by atoms with Gasteiger partial charge in [-0.05, 0) is 28.1 Å². The lowest BCUT2D eigenvalue weighted by Crippen LogP contribution is -2.48. The summed E-state index contributed by atoms with van der Waals surface area (Å²) in [4.78, 5) is 15.9. The number of nitrogens with zero attached hydrogens (tertiary/aromatic N) is 1. The van der Waals surface area contributed by atoms with Crippen molar-refractivity contribution in [2.45, 2.75) is 6.04 Å². The molecule has 1 atom stereocenters. The average Bonchev–Trinajstić information content (AvgIpc) is 2.30. The zero-order valence-electron chi connectivity index (χ0n) is 8.57. The summed E-state index contributed by atoms with van der Waals surface area (Å²) in [5.41, 5.74) is 0. The van der Waals surface area contributed by atoms with Crippen molar-refractivity contribution in [2.75, 3.05) is 25.1 Å². The first-order valence-corrected chi connectivity index (χ1v) is 5.79. The lowest BCUT2D eigenvalue weighted by Gasteiger charge is -2.22. The number of hydrogen-bond acceptors (Lipinski definition) is 4. The first-order valence-electron chi connectivity index (χ1n) is 5.00. The molecule has 2 N–H and O–H groups in total. The molecule has 1 fully saturated rings. The van der Waals surface area contributed by atoms with Gasteiger partial charge in [0.2, 0.25) is 5.91 Å². The van der Waals surface area contributed by atoms with E-state index in [0.717, 1.165) is 0 Å². The zero-order valence-corrected chi connectivity index (χ0v) is 10.2. The van der Waals surface area contributed by atoms with E-state index in [0.29, 0.717) is 30.2 Å². The average molecular weight is 286 g/mol. The Labute approximate surface area is 102 Å². The lowest BCUT2D eigenvalue weighted by molar-refractivity contribution is -0.120. The van der Waals surface area contributed by atoms with Crippen LogP contribution in [0.15, 0.2) is 22.8 Å². The van der Waals surface area contributed by atoms with Gasteiger partial charge in [0.1, 0.15) is 16.5 Å². The van der Waals surface area contributed by atoms with E-state index in [1.807, 2.05) is 6.07 Å². The Kier molecular flexibility index (Phi) is 3.87. The van der Waals surface area contributed by atoms with E-state index >= 15 is 0 Å². The van der Waals surface area contributed by atoms with Gasteiger partial charge in [-0.15, -0.1) is 0 Å². The van der Waals surface area contributed by atoms with Crippen molar-refractivity contribution in [2.24, 2.45) is 0 Å². The number of hydrogen-bond donors (Lipinski definition) is 2. The molecule has 0 aliphatic carbocycles. The molecular formula is C10H12BrN3O2. The largest absolute Gasteiger partial charge is 0.378 e. The highest BCUT2D eigenvalue weighted by molar-refractivity contribution is 9.10. The quantitative estimate of drug-likeness (QED) is 0.788. The van der Waals surface area contributed by atoms with Crippen LogP contribution in [0.5, 0.6) is 0 Å². The second-order valence-corrected chi connectivity index (χ2v) is 4.23. The number of morpholine rings is 1. The molecule has 0 saturated carbocycles. The number of rotatable bonds is 2. The molecule has 1 saturated heterocycles. The summed E-state index contributed by atoms with van der Waals surface area (Å²) in [5.74, 6) is 0.414. The molecule has 6 heteroatoms. The van der Waals surface area contributed by atoms with E-state index < -0.39 is 0 Å². The normalized spacial score (nSPS) is 20.4. The molecule has 0 spiro atoms. The Morgan fingerprint density at radius 1 is 1.62 bits per heavy atom. The van der Waals surface area contributed by atoms with E-state index in [-0.39, 0.29) is 11.9 Å². The number of anilines is 1. The molecule has 2 rings (SSSR count). The van der Waals surface area contributed by atoms with E-state index in [9.17, 15) is 4.79 Å². The lowest BCUT2D eigenvalue weighted by atomic mass is 10.2. The number of ether oxygens (including phenoxy) is 1. The molecule has 5 nitrogen and oxygen atoms in total. The summed E-state index contributed by atoms with van der Waals surface area (Å²) in [5, 5.41) is 5.81. The highest BCUT2D eigenvalue weighted by Crippen LogP contribution is 2.10. The minimum absolute atomic E-state index is 0.120. The maximum Gasteiger partial charge on any atom is 0.245 e. The third-order valence-electron chi connectivity index (χ3n) is 2.20. The summed E-state index contributed by atoms with van der Waals surface area (Å²) in [7, 11) is 0. The predicted octanol–water partition coefficient (Wildman–Crippen LogP) is 0.771. The molecule has 1 amide bonds. The Hall–Kier alpha value is -0.980. The third-order valence-corrected chi connectivity index (χ3v) is 2.65. The van der Waals surface area contributed by atoms with Crippen LogP contribution < -0.4 is 10.6 Å². The van der Waals surface area contributed by atoms with Crippen LogP contribution in [0.4, 0.5) is 5.82 Å². The van der Waals surface area contributed by atoms with Gasteiger partial charge in [-0.25, -0.2) is 4.98 Å². The maximum absolute atomic E-state index is 11.8. The van der Waals surface area contributed by atoms with Crippen molar-refractivity contribution >= 4 is 27.7 Å². The number of halogens is 1. The number of carbonyl (C=O) groups is 1. The molecule has 0 radical (unpaired) electrons. The summed E-state index contributed by atoms with van der Waals surface area (Å²) in [6, 6.07) is 5.07. The van der Waals surface area contributed by atoms with Gasteiger partial charge in [-0.3, -0.25) is 4.79 Å². The Balaban J connectivity index is 1.96. The minimum Gasteiger partial charge on any atom is -0.378 e. The molecule has 1 aliphatic heterocycles. The van der Waals surface area contributed by atoms with Crippen LogP contribution in [0.3, 0.4) is 0 Å². The minimum atomic E-state index is -0.297. The number of aromatic nitrogens is 1. The number of pyridine rings is 1. The summed E-state index contributed by atoms with van der Waals surface area (Å²) in [6.07, 6.45) is 0. The third kappa shape index (κ3) is 3.01. The van der Waals surface area contributed by atoms with Crippen LogP contribution in [0, 0.1) is 0 Å². The van der Waals surface area contributed by atoms with E-state index in [2.05, 4.69) is 31.5 Å². The van der Waals surface area contributed by atoms with Crippen molar-refractivity contribution in [1.82, 2.24) is 10.3 Å². The molecule has 1 aromatic rings. The molecule has 0 aromatic carbocycles. The van der Waals surface area contributed by atoms with Gasteiger partial charge in [-0.2, -0.15) is 0 Å². The monoisotopic (exact) mass is 285 g/mol. The number of nitrogens with one attached hydrogen (secondary N) is 2. The molecule has 0 bridgehead atoms. The second kappa shape index (κ2) is 5.38. The van der Waals surface area contributed by atoms with Gasteiger partial charge in [0.05, 0.1) is 13.2 Å². The summed E-state index contributed by atoms with van der Waals surface area (Å²) >= 11 is 3.25. The fourth-order valence-electron chi connectivity index (χ4n) is 1.43. The first kappa shape index (κ1) is 11.5. The van der Waals surface area contributed by atoms with Crippen LogP contribution in [0.2, 0.25) is 0 Å². The van der Waals surface area contributed by atoms with E-state index in [1.165, 1.54) is 0 Å². The van der Waals surface area contributed by atoms with Crippen LogP contribution in [0.1, 0.15) is 0 Å². The Bertz CT molecular complexity index is 380. The van der Waals surface area contributed by atoms with Crippen LogP contribution in [-0.4, -0.2) is 36.7 Å². The number of amides is 1. The van der Waals surface area contributed by atoms with Gasteiger partial charge < -0.3 is 15.4 Å². The summed E-state index contributed by atoms with van der Waals surface area (Å²) < 4.78 is 5.90. The molecule has 1 aromatic heterocycles. The summed E-state index contributed by atoms with van der Waals surface area (Å²) in [6.45, 7) is 1.75. The standard InChI is InChI=1S/C10H12BrN3O2/c11-8-2-1-3-9(13-8)14-10(15)7-6-16-5-4-12-7/h1-3,7,12H,4-6H2,(H,13,14,15)/t7-/m0/s1. The molecule has 2 heterocycles. The fraction of sp³-hybridized carbons (Fsp3) is 0.400. The number of carbonyl (C=O) groups excluding carboxylic acids is 1. The van der Waals surface area contributed by atoms with Gasteiger partial charge in [0.25, 0.3) is 0 Å². The van der Waals surface area contributed by atoms with Crippen molar-refractivity contribution in [1.29, 1.82) is 0 Å². The molecule has 86 valence electrons. The first-order chi connectivity index (χ1) is 7.75. The van der Waals surface area contributed by atoms with Gasteiger partial charge in [0, 0.05) is 6.54 Å². The fourth-order valence-corrected chi connectivity index (χ4v) is 1.77. The van der Waals surface area contributed by atoms with E-state index in [4.69, 9.17) is 4.74 Å². The highest BCUT2D eigenvalue weighted by atomic mass is 79.9. The van der Waals surface area contributed by atoms with Crippen molar-refractivity contribution in [3.8, 4) is 0 Å². The van der Waals surface area contributed by atoms with Crippen molar-refractivity contribution in [3.05, 3.63) is 22.8 Å².